The van der Waals surface area contributed by atoms with E-state index in [-0.39, 0.29) is 12.3 Å². The first kappa shape index (κ1) is 15.8. The van der Waals surface area contributed by atoms with E-state index in [0.717, 1.165) is 23.3 Å². The number of para-hydroxylation sites is 1. The van der Waals surface area contributed by atoms with Crippen LogP contribution in [-0.2, 0) is 17.6 Å². The molecule has 0 spiro atoms. The van der Waals surface area contributed by atoms with Crippen molar-refractivity contribution in [2.75, 3.05) is 11.9 Å². The van der Waals surface area contributed by atoms with Gasteiger partial charge >= 0.3 is 0 Å². The van der Waals surface area contributed by atoms with Crippen molar-refractivity contribution in [1.82, 2.24) is 0 Å². The van der Waals surface area contributed by atoms with Crippen LogP contribution >= 0.6 is 11.8 Å². The second-order valence-corrected chi connectivity index (χ2v) is 6.17. The Morgan fingerprint density at radius 3 is 2.91 bits per heavy atom. The fraction of sp³-hybridized carbons (Fsp3) is 0.235. The first-order valence-electron chi connectivity index (χ1n) is 7.20. The number of benzene rings is 2. The minimum atomic E-state index is -2.52. The Balaban J connectivity index is 1.68. The van der Waals surface area contributed by atoms with Gasteiger partial charge in [0.15, 0.2) is 0 Å². The van der Waals surface area contributed by atoms with Crippen LogP contribution in [0.2, 0.25) is 0 Å². The number of halogens is 2. The fourth-order valence-electron chi connectivity index (χ4n) is 2.50. The van der Waals surface area contributed by atoms with Gasteiger partial charge in [0.25, 0.3) is 5.76 Å². The van der Waals surface area contributed by atoms with Crippen molar-refractivity contribution < 1.29 is 18.3 Å². The third-order valence-electron chi connectivity index (χ3n) is 3.50. The van der Waals surface area contributed by atoms with Crippen LogP contribution in [0.25, 0.3) is 0 Å². The molecule has 1 aliphatic heterocycles. The van der Waals surface area contributed by atoms with E-state index >= 15 is 0 Å². The Labute approximate surface area is 137 Å². The first-order valence-corrected chi connectivity index (χ1v) is 8.08. The highest BCUT2D eigenvalue weighted by Crippen LogP contribution is 2.32. The summed E-state index contributed by atoms with van der Waals surface area (Å²) in [5, 5.41) is 2.71. The SMILES string of the molecule is O=C(Cc1ccc2c(c1)CCO2)Nc1ccccc1SC(F)F. The number of fused-ring (bicyclic) bond motifs is 1. The summed E-state index contributed by atoms with van der Waals surface area (Å²) in [6.45, 7) is 0.670. The van der Waals surface area contributed by atoms with Gasteiger partial charge in [-0.25, -0.2) is 0 Å². The van der Waals surface area contributed by atoms with Crippen molar-refractivity contribution in [1.29, 1.82) is 0 Å². The smallest absolute Gasteiger partial charge is 0.288 e. The maximum Gasteiger partial charge on any atom is 0.288 e. The molecule has 0 saturated heterocycles. The Hall–Kier alpha value is -2.08. The normalized spacial score (nSPS) is 12.8. The van der Waals surface area contributed by atoms with E-state index in [1.54, 1.807) is 24.3 Å². The molecular weight excluding hydrogens is 320 g/mol. The summed E-state index contributed by atoms with van der Waals surface area (Å²) >= 11 is 0.425. The minimum Gasteiger partial charge on any atom is -0.493 e. The van der Waals surface area contributed by atoms with E-state index in [2.05, 4.69) is 5.32 Å². The van der Waals surface area contributed by atoms with Crippen LogP contribution in [0.5, 0.6) is 5.75 Å². The summed E-state index contributed by atoms with van der Waals surface area (Å²) < 4.78 is 30.5. The second kappa shape index (κ2) is 7.00. The van der Waals surface area contributed by atoms with E-state index in [1.165, 1.54) is 0 Å². The summed E-state index contributed by atoms with van der Waals surface area (Å²) in [6, 6.07) is 12.2. The summed E-state index contributed by atoms with van der Waals surface area (Å²) in [5.41, 5.74) is 2.39. The maximum absolute atomic E-state index is 12.6. The van der Waals surface area contributed by atoms with Crippen molar-refractivity contribution in [2.24, 2.45) is 0 Å². The highest BCUT2D eigenvalue weighted by atomic mass is 32.2. The average Bonchev–Trinajstić information content (AvgIpc) is 2.96. The maximum atomic E-state index is 12.6. The lowest BCUT2D eigenvalue weighted by Gasteiger charge is -2.10. The summed E-state index contributed by atoms with van der Waals surface area (Å²) in [4.78, 5) is 12.5. The van der Waals surface area contributed by atoms with E-state index in [9.17, 15) is 13.6 Å². The molecule has 0 radical (unpaired) electrons. The van der Waals surface area contributed by atoms with Crippen LogP contribution < -0.4 is 10.1 Å². The van der Waals surface area contributed by atoms with Gasteiger partial charge in [-0.05, 0) is 29.3 Å². The number of carbonyl (C=O) groups excluding carboxylic acids is 1. The van der Waals surface area contributed by atoms with Crippen molar-refractivity contribution >= 4 is 23.4 Å². The number of anilines is 1. The van der Waals surface area contributed by atoms with Gasteiger partial charge in [-0.3, -0.25) is 4.79 Å². The van der Waals surface area contributed by atoms with Crippen LogP contribution in [0.3, 0.4) is 0 Å². The Morgan fingerprint density at radius 2 is 2.09 bits per heavy atom. The zero-order valence-corrected chi connectivity index (χ0v) is 13.0. The molecule has 23 heavy (non-hydrogen) atoms. The molecule has 0 saturated carbocycles. The molecule has 0 unspecified atom stereocenters. The summed E-state index contributed by atoms with van der Waals surface area (Å²) in [5.74, 6) is -1.89. The lowest BCUT2D eigenvalue weighted by Crippen LogP contribution is -2.15. The number of carbonyl (C=O) groups is 1. The molecular formula is C17H15F2NO2S. The third kappa shape index (κ3) is 4.01. The van der Waals surface area contributed by atoms with Gasteiger partial charge in [0.2, 0.25) is 5.91 Å². The number of hydrogen-bond donors (Lipinski definition) is 1. The lowest BCUT2D eigenvalue weighted by atomic mass is 10.1. The molecule has 120 valence electrons. The van der Waals surface area contributed by atoms with Gasteiger partial charge in [0.1, 0.15) is 5.75 Å². The zero-order valence-electron chi connectivity index (χ0n) is 12.2. The number of thioether (sulfide) groups is 1. The lowest BCUT2D eigenvalue weighted by molar-refractivity contribution is -0.115. The fourth-order valence-corrected chi connectivity index (χ4v) is 3.09. The number of nitrogens with one attached hydrogen (secondary N) is 1. The molecule has 3 rings (SSSR count). The van der Waals surface area contributed by atoms with E-state index in [4.69, 9.17) is 4.74 Å². The molecule has 0 atom stereocenters. The molecule has 0 aromatic heterocycles. The standard InChI is InChI=1S/C17H15F2NO2S/c18-17(19)23-15-4-2-1-3-13(15)20-16(21)10-11-5-6-14-12(9-11)7-8-22-14/h1-6,9,17H,7-8,10H2,(H,20,21). The quantitative estimate of drug-likeness (QED) is 0.836. The zero-order chi connectivity index (χ0) is 16.2. The molecule has 1 N–H and O–H groups in total. The molecule has 0 fully saturated rings. The topological polar surface area (TPSA) is 38.3 Å². The summed E-state index contributed by atoms with van der Waals surface area (Å²) in [6.07, 6.45) is 1.04. The second-order valence-electron chi connectivity index (χ2n) is 5.14. The first-order chi connectivity index (χ1) is 11.1. The highest BCUT2D eigenvalue weighted by molar-refractivity contribution is 7.99. The third-order valence-corrected chi connectivity index (χ3v) is 4.28. The van der Waals surface area contributed by atoms with E-state index < -0.39 is 5.76 Å². The molecule has 3 nitrogen and oxygen atoms in total. The molecule has 2 aromatic carbocycles. The predicted octanol–water partition coefficient (Wildman–Crippen LogP) is 4.12. The number of ether oxygens (including phenoxy) is 1. The van der Waals surface area contributed by atoms with Crippen molar-refractivity contribution in [3.8, 4) is 5.75 Å². The molecule has 0 aliphatic carbocycles. The summed E-state index contributed by atoms with van der Waals surface area (Å²) in [7, 11) is 0. The van der Waals surface area contributed by atoms with Crippen molar-refractivity contribution in [2.45, 2.75) is 23.5 Å². The molecule has 1 heterocycles. The van der Waals surface area contributed by atoms with Crippen LogP contribution in [0, 0.1) is 0 Å². The Bertz CT molecular complexity index is 721. The predicted molar refractivity (Wildman–Crippen MR) is 86.3 cm³/mol. The van der Waals surface area contributed by atoms with Gasteiger partial charge in [-0.2, -0.15) is 8.78 Å². The van der Waals surface area contributed by atoms with E-state index in [0.29, 0.717) is 29.0 Å². The minimum absolute atomic E-state index is 0.195. The molecule has 0 bridgehead atoms. The van der Waals surface area contributed by atoms with Crippen LogP contribution in [0.1, 0.15) is 11.1 Å². The van der Waals surface area contributed by atoms with Gasteiger partial charge in [-0.1, -0.05) is 36.0 Å². The number of rotatable bonds is 5. The number of hydrogen-bond acceptors (Lipinski definition) is 3. The van der Waals surface area contributed by atoms with Crippen molar-refractivity contribution in [3.05, 3.63) is 53.6 Å². The monoisotopic (exact) mass is 335 g/mol. The molecule has 6 heteroatoms. The van der Waals surface area contributed by atoms with Crippen molar-refractivity contribution in [3.63, 3.8) is 0 Å². The Morgan fingerprint density at radius 1 is 1.26 bits per heavy atom. The van der Waals surface area contributed by atoms with Crippen LogP contribution in [0.15, 0.2) is 47.4 Å². The molecule has 1 amide bonds. The van der Waals surface area contributed by atoms with Crippen LogP contribution in [-0.4, -0.2) is 18.3 Å². The van der Waals surface area contributed by atoms with E-state index in [1.807, 2.05) is 18.2 Å². The Kier molecular flexibility index (Phi) is 4.81. The highest BCUT2D eigenvalue weighted by Gasteiger charge is 2.15. The van der Waals surface area contributed by atoms with Crippen LogP contribution in [0.4, 0.5) is 14.5 Å². The molecule has 2 aromatic rings. The number of amides is 1. The van der Waals surface area contributed by atoms with Gasteiger partial charge < -0.3 is 10.1 Å². The number of alkyl halides is 2. The average molecular weight is 335 g/mol. The van der Waals surface area contributed by atoms with Gasteiger partial charge in [-0.15, -0.1) is 0 Å². The van der Waals surface area contributed by atoms with Gasteiger partial charge in [0, 0.05) is 11.3 Å². The van der Waals surface area contributed by atoms with Gasteiger partial charge in [0.05, 0.1) is 18.7 Å². The largest absolute Gasteiger partial charge is 0.493 e. The molecule has 1 aliphatic rings.